The first-order chi connectivity index (χ1) is 18.6. The summed E-state index contributed by atoms with van der Waals surface area (Å²) in [6.07, 6.45) is 0. The van der Waals surface area contributed by atoms with Gasteiger partial charge in [0.15, 0.2) is 14.6 Å². The molecule has 0 aromatic heterocycles. The maximum absolute atomic E-state index is 14.5. The maximum Gasteiger partial charge on any atom is 0.337 e. The average molecular weight is 607 g/mol. The van der Waals surface area contributed by atoms with Crippen LogP contribution in [-0.4, -0.2) is 52.4 Å². The lowest BCUT2D eigenvalue weighted by molar-refractivity contribution is 0.198. The van der Waals surface area contributed by atoms with Crippen molar-refractivity contribution in [2.24, 2.45) is 15.7 Å². The molecule has 1 atom stereocenters. The quantitative estimate of drug-likeness (QED) is 0.400. The smallest absolute Gasteiger partial charge is 0.336 e. The van der Waals surface area contributed by atoms with Crippen molar-refractivity contribution in [2.45, 2.75) is 23.5 Å². The van der Waals surface area contributed by atoms with E-state index in [4.69, 9.17) is 16.7 Å². The zero-order chi connectivity index (χ0) is 29.3. The molecule has 0 saturated carbocycles. The van der Waals surface area contributed by atoms with Gasteiger partial charge in [0.1, 0.15) is 5.82 Å². The zero-order valence-electron chi connectivity index (χ0n) is 21.7. The van der Waals surface area contributed by atoms with E-state index in [9.17, 15) is 26.0 Å². The van der Waals surface area contributed by atoms with E-state index in [1.165, 1.54) is 48.5 Å². The Bertz CT molecular complexity index is 1650. The number of hydrogen-bond donors (Lipinski definition) is 2. The number of nitrogens with zero attached hydrogens (tertiary/aromatic N) is 2. The maximum atomic E-state index is 14.5. The van der Waals surface area contributed by atoms with Crippen molar-refractivity contribution in [3.05, 3.63) is 101 Å². The Kier molecular flexibility index (Phi) is 8.10. The lowest BCUT2D eigenvalue weighted by atomic mass is 9.89. The number of rotatable bonds is 8. The molecule has 3 aromatic rings. The molecule has 1 aliphatic heterocycles. The van der Waals surface area contributed by atoms with Gasteiger partial charge in [-0.25, -0.2) is 36.2 Å². The summed E-state index contributed by atoms with van der Waals surface area (Å²) in [5, 5.41) is 13.6. The average Bonchev–Trinajstić information content (AvgIpc) is 3.30. The summed E-state index contributed by atoms with van der Waals surface area (Å²) in [6, 6.07) is 18.4. The van der Waals surface area contributed by atoms with Crippen LogP contribution in [-0.2, 0) is 24.6 Å². The lowest BCUT2D eigenvalue weighted by Gasteiger charge is -2.31. The van der Waals surface area contributed by atoms with Crippen molar-refractivity contribution in [3.8, 4) is 0 Å². The minimum absolute atomic E-state index is 0.0209. The Morgan fingerprint density at radius 3 is 2.20 bits per heavy atom. The van der Waals surface area contributed by atoms with Gasteiger partial charge in [-0.15, -0.1) is 0 Å². The van der Waals surface area contributed by atoms with Crippen LogP contribution in [0, 0.1) is 11.2 Å². The lowest BCUT2D eigenvalue weighted by Crippen LogP contribution is -2.49. The fourth-order valence-corrected chi connectivity index (χ4v) is 8.02. The molecule has 40 heavy (non-hydrogen) atoms. The molecule has 0 radical (unpaired) electrons. The van der Waals surface area contributed by atoms with Crippen molar-refractivity contribution in [2.75, 3.05) is 18.8 Å². The Balaban J connectivity index is 1.85. The Morgan fingerprint density at radius 2 is 1.62 bits per heavy atom. The molecule has 0 bridgehead atoms. The van der Waals surface area contributed by atoms with Crippen molar-refractivity contribution < 1.29 is 26.0 Å². The minimum atomic E-state index is -4.31. The van der Waals surface area contributed by atoms with Crippen LogP contribution in [0.15, 0.2) is 88.9 Å². The molecular formula is C27H28ClFN4O5S2. The third-order valence-electron chi connectivity index (χ3n) is 6.46. The number of urea groups is 1. The third-order valence-corrected chi connectivity index (χ3v) is 10.3. The third kappa shape index (κ3) is 6.04. The molecule has 13 heteroatoms. The summed E-state index contributed by atoms with van der Waals surface area (Å²) in [7, 11) is -8.13. The predicted molar refractivity (Wildman–Crippen MR) is 152 cm³/mol. The molecule has 1 unspecified atom stereocenters. The predicted octanol–water partition coefficient (Wildman–Crippen LogP) is 3.89. The molecule has 0 aliphatic carbocycles. The summed E-state index contributed by atoms with van der Waals surface area (Å²) in [4.78, 5) is 13.3. The second-order valence-electron chi connectivity index (χ2n) is 10.3. The highest BCUT2D eigenvalue weighted by Crippen LogP contribution is 2.43. The summed E-state index contributed by atoms with van der Waals surface area (Å²) in [5.41, 5.74) is -0.253. The summed E-state index contributed by atoms with van der Waals surface area (Å²) >= 11 is 6.03. The first-order valence-electron chi connectivity index (χ1n) is 12.1. The number of nitrogens with one attached hydrogen (secondary N) is 1. The normalized spacial score (nSPS) is 17.9. The number of benzene rings is 3. The molecule has 9 nitrogen and oxygen atoms in total. The highest BCUT2D eigenvalue weighted by Gasteiger charge is 2.56. The number of carbonyl (C=O) groups excluding carboxylic acids is 1. The molecule has 0 spiro atoms. The number of amides is 2. The Labute approximate surface area is 237 Å². The SMILES string of the molecule is CC(C)(CNC(=O)N1CC(c2ccccc2)(S(=O)(=O)c2ccc(Cl)cc2)C(c2ccc(F)cc2)=N1)CS(N)(=O)=O. The van der Waals surface area contributed by atoms with Crippen molar-refractivity contribution in [1.29, 1.82) is 0 Å². The second-order valence-corrected chi connectivity index (χ2v) is 14.5. The number of sulfone groups is 1. The van der Waals surface area contributed by atoms with Gasteiger partial charge in [-0.3, -0.25) is 0 Å². The van der Waals surface area contributed by atoms with Gasteiger partial charge < -0.3 is 5.32 Å². The Morgan fingerprint density at radius 1 is 1.02 bits per heavy atom. The molecule has 3 N–H and O–H groups in total. The topological polar surface area (TPSA) is 139 Å². The van der Waals surface area contributed by atoms with E-state index in [0.29, 0.717) is 16.1 Å². The van der Waals surface area contributed by atoms with E-state index in [1.54, 1.807) is 44.2 Å². The van der Waals surface area contributed by atoms with E-state index in [1.807, 2.05) is 0 Å². The standard InChI is InChI=1S/C27H28ClFN4O5S2/c1-26(2,18-39(30,35)36)16-31-25(34)33-17-27(20-6-4-3-5-7-20,24(32-33)19-8-12-22(29)13-9-19)40(37,38)23-14-10-21(28)11-15-23/h3-15H,16-18H2,1-2H3,(H,31,34)(H2,30,35,36). The first kappa shape index (κ1) is 29.7. The van der Waals surface area contributed by atoms with Gasteiger partial charge in [-0.05, 0) is 47.4 Å². The van der Waals surface area contributed by atoms with Gasteiger partial charge in [0.2, 0.25) is 10.0 Å². The van der Waals surface area contributed by atoms with Crippen LogP contribution in [0.1, 0.15) is 25.0 Å². The van der Waals surface area contributed by atoms with E-state index in [-0.39, 0.29) is 22.9 Å². The number of primary sulfonamides is 1. The molecule has 2 amide bonds. The summed E-state index contributed by atoms with van der Waals surface area (Å²) in [6.45, 7) is 2.75. The van der Waals surface area contributed by atoms with Crippen LogP contribution in [0.25, 0.3) is 0 Å². The fraction of sp³-hybridized carbons (Fsp3) is 0.259. The van der Waals surface area contributed by atoms with Crippen LogP contribution in [0.5, 0.6) is 0 Å². The van der Waals surface area contributed by atoms with Crippen molar-refractivity contribution in [1.82, 2.24) is 10.3 Å². The molecule has 0 fully saturated rings. The van der Waals surface area contributed by atoms with Crippen LogP contribution in [0.2, 0.25) is 5.02 Å². The highest BCUT2D eigenvalue weighted by molar-refractivity contribution is 7.93. The number of hydrogen-bond acceptors (Lipinski definition) is 6. The van der Waals surface area contributed by atoms with E-state index >= 15 is 0 Å². The summed E-state index contributed by atoms with van der Waals surface area (Å²) in [5.74, 6) is -0.914. The molecule has 212 valence electrons. The molecule has 3 aromatic carbocycles. The second kappa shape index (κ2) is 10.9. The number of nitrogens with two attached hydrogens (primary N) is 1. The zero-order valence-corrected chi connectivity index (χ0v) is 24.1. The van der Waals surface area contributed by atoms with Crippen LogP contribution in [0.4, 0.5) is 9.18 Å². The van der Waals surface area contributed by atoms with E-state index in [2.05, 4.69) is 10.4 Å². The molecule has 4 rings (SSSR count). The van der Waals surface area contributed by atoms with Gasteiger partial charge in [-0.2, -0.15) is 5.10 Å². The van der Waals surface area contributed by atoms with Gasteiger partial charge in [0, 0.05) is 17.1 Å². The molecular weight excluding hydrogens is 579 g/mol. The van der Waals surface area contributed by atoms with E-state index < -0.39 is 48.4 Å². The van der Waals surface area contributed by atoms with Crippen LogP contribution < -0.4 is 10.5 Å². The first-order valence-corrected chi connectivity index (χ1v) is 15.7. The van der Waals surface area contributed by atoms with Crippen molar-refractivity contribution >= 4 is 43.2 Å². The fourth-order valence-electron chi connectivity index (χ4n) is 4.66. The molecule has 1 aliphatic rings. The van der Waals surface area contributed by atoms with Gasteiger partial charge >= 0.3 is 6.03 Å². The van der Waals surface area contributed by atoms with Gasteiger partial charge in [0.25, 0.3) is 0 Å². The minimum Gasteiger partial charge on any atom is -0.336 e. The number of sulfonamides is 1. The largest absolute Gasteiger partial charge is 0.337 e. The van der Waals surface area contributed by atoms with Crippen LogP contribution >= 0.6 is 11.6 Å². The molecule has 1 heterocycles. The Hall–Kier alpha value is -3.32. The van der Waals surface area contributed by atoms with Crippen LogP contribution in [0.3, 0.4) is 0 Å². The van der Waals surface area contributed by atoms with E-state index in [0.717, 1.165) is 5.01 Å². The molecule has 0 saturated heterocycles. The van der Waals surface area contributed by atoms with Gasteiger partial charge in [-0.1, -0.05) is 67.9 Å². The summed E-state index contributed by atoms with van der Waals surface area (Å²) < 4.78 is 64.3. The monoisotopic (exact) mass is 606 g/mol. The van der Waals surface area contributed by atoms with Gasteiger partial charge in [0.05, 0.1) is 22.9 Å². The van der Waals surface area contributed by atoms with Crippen molar-refractivity contribution in [3.63, 3.8) is 0 Å². The highest BCUT2D eigenvalue weighted by atomic mass is 35.5. The number of carbonyl (C=O) groups is 1. The number of halogens is 2. The number of hydrazone groups is 1.